The predicted molar refractivity (Wildman–Crippen MR) is 66.8 cm³/mol. The monoisotopic (exact) mass is 289 g/mol. The molecule has 1 aromatic carbocycles. The molecule has 0 spiro atoms. The average molecular weight is 290 g/mol. The van der Waals surface area contributed by atoms with Crippen molar-refractivity contribution in [3.05, 3.63) is 34.6 Å². The molecular formula is C12H13ClFNO4. The summed E-state index contributed by atoms with van der Waals surface area (Å²) in [6.45, 7) is 1.05. The van der Waals surface area contributed by atoms with Crippen LogP contribution in [0.2, 0.25) is 5.02 Å². The van der Waals surface area contributed by atoms with Crippen molar-refractivity contribution in [2.45, 2.75) is 12.5 Å². The zero-order valence-corrected chi connectivity index (χ0v) is 11.1. The van der Waals surface area contributed by atoms with Gasteiger partial charge in [0.05, 0.1) is 17.2 Å². The van der Waals surface area contributed by atoms with E-state index in [2.05, 4.69) is 5.32 Å². The van der Waals surface area contributed by atoms with Crippen LogP contribution in [0.1, 0.15) is 17.3 Å². The number of hydrogen-bond acceptors (Lipinski definition) is 3. The number of methoxy groups -OCH3 is 1. The van der Waals surface area contributed by atoms with E-state index in [1.807, 2.05) is 0 Å². The molecule has 0 aromatic heterocycles. The van der Waals surface area contributed by atoms with Crippen molar-refractivity contribution >= 4 is 23.5 Å². The molecule has 1 atom stereocenters. The second-order valence-electron chi connectivity index (χ2n) is 4.13. The average Bonchev–Trinajstić information content (AvgIpc) is 2.32. The number of carboxylic acids is 1. The fourth-order valence-electron chi connectivity index (χ4n) is 1.44. The lowest BCUT2D eigenvalue weighted by Gasteiger charge is -2.25. The summed E-state index contributed by atoms with van der Waals surface area (Å²) in [7, 11) is 1.31. The lowest BCUT2D eigenvalue weighted by Crippen LogP contribution is -2.55. The molecule has 104 valence electrons. The molecular weight excluding hydrogens is 277 g/mol. The van der Waals surface area contributed by atoms with Crippen LogP contribution in [0.4, 0.5) is 4.39 Å². The predicted octanol–water partition coefficient (Wildman–Crippen LogP) is 1.70. The van der Waals surface area contributed by atoms with E-state index in [4.69, 9.17) is 21.4 Å². The highest BCUT2D eigenvalue weighted by molar-refractivity contribution is 6.34. The van der Waals surface area contributed by atoms with Gasteiger partial charge < -0.3 is 15.2 Å². The molecule has 0 bridgehead atoms. The molecule has 1 unspecified atom stereocenters. The Kier molecular flexibility index (Phi) is 4.85. The van der Waals surface area contributed by atoms with Gasteiger partial charge in [0, 0.05) is 7.11 Å². The van der Waals surface area contributed by atoms with Gasteiger partial charge in [0.15, 0.2) is 5.54 Å². The molecule has 1 aromatic rings. The molecule has 5 nitrogen and oxygen atoms in total. The molecule has 2 N–H and O–H groups in total. The Bertz CT molecular complexity index is 509. The zero-order valence-electron chi connectivity index (χ0n) is 10.4. The van der Waals surface area contributed by atoms with Gasteiger partial charge in [-0.25, -0.2) is 9.18 Å². The van der Waals surface area contributed by atoms with E-state index in [0.29, 0.717) is 0 Å². The highest BCUT2D eigenvalue weighted by Gasteiger charge is 2.35. The molecule has 0 aliphatic heterocycles. The Balaban J connectivity index is 3.01. The molecule has 0 saturated carbocycles. The molecule has 0 heterocycles. The minimum absolute atomic E-state index is 0.134. The topological polar surface area (TPSA) is 75.6 Å². The van der Waals surface area contributed by atoms with Gasteiger partial charge in [0.2, 0.25) is 0 Å². The molecule has 1 amide bonds. The lowest BCUT2D eigenvalue weighted by molar-refractivity contribution is -0.145. The van der Waals surface area contributed by atoms with Crippen molar-refractivity contribution in [2.24, 2.45) is 0 Å². The van der Waals surface area contributed by atoms with Crippen molar-refractivity contribution in [1.29, 1.82) is 0 Å². The molecule has 0 aliphatic carbocycles. The maximum atomic E-state index is 13.2. The summed E-state index contributed by atoms with van der Waals surface area (Å²) in [6, 6.07) is 3.71. The number of carboxylic acid groups (broad SMARTS) is 1. The summed E-state index contributed by atoms with van der Waals surface area (Å²) in [4.78, 5) is 23.1. The van der Waals surface area contributed by atoms with Gasteiger partial charge in [-0.05, 0) is 19.1 Å². The Morgan fingerprint density at radius 3 is 2.68 bits per heavy atom. The minimum atomic E-state index is -1.62. The van der Waals surface area contributed by atoms with Crippen LogP contribution in [0, 0.1) is 5.82 Å². The summed E-state index contributed by atoms with van der Waals surface area (Å²) in [5.41, 5.74) is -1.76. The number of benzene rings is 1. The first-order valence-electron chi connectivity index (χ1n) is 5.30. The van der Waals surface area contributed by atoms with Gasteiger partial charge in [0.25, 0.3) is 5.91 Å². The third kappa shape index (κ3) is 3.42. The van der Waals surface area contributed by atoms with Crippen LogP contribution in [0.15, 0.2) is 18.2 Å². The minimum Gasteiger partial charge on any atom is -0.479 e. The Morgan fingerprint density at radius 1 is 1.53 bits per heavy atom. The molecule has 7 heteroatoms. The SMILES string of the molecule is COCC(C)(NC(=O)c1cccc(F)c1Cl)C(=O)O. The fourth-order valence-corrected chi connectivity index (χ4v) is 1.65. The lowest BCUT2D eigenvalue weighted by atomic mass is 10.0. The van der Waals surface area contributed by atoms with Gasteiger partial charge in [-0.15, -0.1) is 0 Å². The molecule has 0 saturated heterocycles. The van der Waals surface area contributed by atoms with Gasteiger partial charge >= 0.3 is 5.97 Å². The molecule has 0 aliphatic rings. The first-order chi connectivity index (χ1) is 8.81. The summed E-state index contributed by atoms with van der Waals surface area (Å²) < 4.78 is 18.0. The second-order valence-corrected chi connectivity index (χ2v) is 4.50. The van der Waals surface area contributed by atoms with Crippen molar-refractivity contribution in [3.8, 4) is 0 Å². The van der Waals surface area contributed by atoms with Crippen LogP contribution >= 0.6 is 11.6 Å². The highest BCUT2D eigenvalue weighted by atomic mass is 35.5. The van der Waals surface area contributed by atoms with E-state index in [0.717, 1.165) is 6.07 Å². The molecule has 1 rings (SSSR count). The van der Waals surface area contributed by atoms with Gasteiger partial charge in [0.1, 0.15) is 5.82 Å². The van der Waals surface area contributed by atoms with E-state index in [1.54, 1.807) is 0 Å². The third-order valence-electron chi connectivity index (χ3n) is 2.49. The number of amides is 1. The number of halogens is 2. The Labute approximate surface area is 114 Å². The van der Waals surface area contributed by atoms with E-state index in [1.165, 1.54) is 26.2 Å². The number of rotatable bonds is 5. The summed E-state index contributed by atoms with van der Waals surface area (Å²) in [5.74, 6) is -2.81. The molecule has 19 heavy (non-hydrogen) atoms. The van der Waals surface area contributed by atoms with Gasteiger partial charge in [-0.2, -0.15) is 0 Å². The summed E-state index contributed by atoms with van der Waals surface area (Å²) >= 11 is 5.66. The number of carbonyl (C=O) groups excluding carboxylic acids is 1. The van der Waals surface area contributed by atoms with Crippen LogP contribution in [0.5, 0.6) is 0 Å². The van der Waals surface area contributed by atoms with Gasteiger partial charge in [-0.1, -0.05) is 17.7 Å². The normalized spacial score (nSPS) is 13.7. The van der Waals surface area contributed by atoms with Crippen molar-refractivity contribution in [3.63, 3.8) is 0 Å². The van der Waals surface area contributed by atoms with Crippen molar-refractivity contribution < 1.29 is 23.8 Å². The van der Waals surface area contributed by atoms with E-state index >= 15 is 0 Å². The standard InChI is InChI=1S/C12H13ClFNO4/c1-12(6-19-2,11(17)18)15-10(16)7-4-3-5-8(14)9(7)13/h3-5H,6H2,1-2H3,(H,15,16)(H,17,18). The number of aliphatic carboxylic acids is 1. The van der Waals surface area contributed by atoms with E-state index in [9.17, 15) is 14.0 Å². The van der Waals surface area contributed by atoms with Crippen molar-refractivity contribution in [2.75, 3.05) is 13.7 Å². The Hall–Kier alpha value is -1.66. The van der Waals surface area contributed by atoms with Crippen molar-refractivity contribution in [1.82, 2.24) is 5.32 Å². The first kappa shape index (κ1) is 15.4. The quantitative estimate of drug-likeness (QED) is 0.865. The number of carbonyl (C=O) groups is 2. The maximum absolute atomic E-state index is 13.2. The zero-order chi connectivity index (χ0) is 14.6. The van der Waals surface area contributed by atoms with Crippen LogP contribution in [-0.4, -0.2) is 36.2 Å². The van der Waals surface area contributed by atoms with Crippen LogP contribution in [0.25, 0.3) is 0 Å². The van der Waals surface area contributed by atoms with E-state index < -0.39 is 23.2 Å². The number of hydrogen-bond donors (Lipinski definition) is 2. The maximum Gasteiger partial charge on any atom is 0.331 e. The van der Waals surface area contributed by atoms with Crippen LogP contribution in [-0.2, 0) is 9.53 Å². The molecule has 0 fully saturated rings. The molecule has 0 radical (unpaired) electrons. The largest absolute Gasteiger partial charge is 0.479 e. The van der Waals surface area contributed by atoms with Gasteiger partial charge in [-0.3, -0.25) is 4.79 Å². The van der Waals surface area contributed by atoms with Crippen LogP contribution in [0.3, 0.4) is 0 Å². The van der Waals surface area contributed by atoms with E-state index in [-0.39, 0.29) is 17.2 Å². The summed E-state index contributed by atoms with van der Waals surface area (Å²) in [5, 5.41) is 11.0. The van der Waals surface area contributed by atoms with Crippen LogP contribution < -0.4 is 5.32 Å². The fraction of sp³-hybridized carbons (Fsp3) is 0.333. The first-order valence-corrected chi connectivity index (χ1v) is 5.68. The number of nitrogens with one attached hydrogen (secondary N) is 1. The second kappa shape index (κ2) is 5.99. The smallest absolute Gasteiger partial charge is 0.331 e. The third-order valence-corrected chi connectivity index (χ3v) is 2.87. The highest BCUT2D eigenvalue weighted by Crippen LogP contribution is 2.20. The Morgan fingerprint density at radius 2 is 2.16 bits per heavy atom. The summed E-state index contributed by atoms with van der Waals surface area (Å²) in [6.07, 6.45) is 0. The number of ether oxygens (including phenoxy) is 1.